The Morgan fingerprint density at radius 3 is 0.970 bits per heavy atom. The van der Waals surface area contributed by atoms with Crippen LogP contribution >= 0.6 is 0 Å². The van der Waals surface area contributed by atoms with E-state index in [4.69, 9.17) is 14.2 Å². The largest absolute Gasteiger partial charge is 0.462 e. The molecule has 0 unspecified atom stereocenters. The maximum atomic E-state index is 12.8. The third-order valence-corrected chi connectivity index (χ3v) is 10.6. The number of ether oxygens (including phenoxy) is 3. The summed E-state index contributed by atoms with van der Waals surface area (Å²) >= 11 is 0. The summed E-state index contributed by atoms with van der Waals surface area (Å²) in [5.74, 6) is -1.07. The van der Waals surface area contributed by atoms with Gasteiger partial charge in [-0.1, -0.05) is 199 Å². The van der Waals surface area contributed by atoms with Crippen molar-refractivity contribution in [3.8, 4) is 0 Å². The van der Waals surface area contributed by atoms with Crippen LogP contribution in [0.4, 0.5) is 0 Å². The van der Waals surface area contributed by atoms with Crippen molar-refractivity contribution in [2.24, 2.45) is 0 Å². The van der Waals surface area contributed by atoms with Crippen molar-refractivity contribution in [2.75, 3.05) is 13.2 Å². The van der Waals surface area contributed by atoms with Gasteiger partial charge in [0.15, 0.2) is 6.10 Å². The molecule has 6 nitrogen and oxygen atoms in total. The number of carbonyl (C=O) groups excluding carboxylic acids is 3. The molecule has 67 heavy (non-hydrogen) atoms. The van der Waals surface area contributed by atoms with E-state index >= 15 is 0 Å². The van der Waals surface area contributed by atoms with Crippen molar-refractivity contribution in [1.82, 2.24) is 0 Å². The van der Waals surface area contributed by atoms with Crippen molar-refractivity contribution >= 4 is 17.9 Å². The van der Waals surface area contributed by atoms with Crippen molar-refractivity contribution in [3.05, 3.63) is 134 Å². The first-order valence-electron chi connectivity index (χ1n) is 26.7. The number of carbonyl (C=O) groups is 3. The second kappa shape index (κ2) is 54.2. The van der Waals surface area contributed by atoms with E-state index in [-0.39, 0.29) is 44.0 Å². The molecule has 1 atom stereocenters. The Morgan fingerprint density at radius 1 is 0.313 bits per heavy atom. The fourth-order valence-corrected chi connectivity index (χ4v) is 6.62. The standard InChI is InChI=1S/C61H96O6/c1-4-7-10-13-16-19-22-25-28-30-33-36-39-42-45-48-51-54-60(63)66-57-58(56-65-59(62)53-50-47-44-41-38-35-32-27-24-21-18-15-12-9-6-3)67-61(64)55-52-49-46-43-40-37-34-31-29-26-23-20-17-14-11-8-5-2/h7,10,16-21,25-29,32-34,36-37,42-43,45-46,58H,4-6,8-9,11-15,22-24,30-31,35,38-41,44,47-57H2,1-3H3/b10-7+,19-16+,20-17+,21-18+,28-25+,29-26+,32-27+,36-33+,37-34+,45-42+,46-43+/t58-/m1/s1. The predicted molar refractivity (Wildman–Crippen MR) is 288 cm³/mol. The van der Waals surface area contributed by atoms with E-state index in [1.54, 1.807) is 0 Å². The number of allylic oxidation sites excluding steroid dienone is 22. The lowest BCUT2D eigenvalue weighted by Gasteiger charge is -2.18. The van der Waals surface area contributed by atoms with Crippen molar-refractivity contribution < 1.29 is 28.6 Å². The van der Waals surface area contributed by atoms with E-state index in [1.807, 2.05) is 0 Å². The Morgan fingerprint density at radius 2 is 0.597 bits per heavy atom. The van der Waals surface area contributed by atoms with E-state index < -0.39 is 6.10 Å². The number of esters is 3. The van der Waals surface area contributed by atoms with Crippen LogP contribution in [0.5, 0.6) is 0 Å². The van der Waals surface area contributed by atoms with Crippen LogP contribution in [0.3, 0.4) is 0 Å². The Labute approximate surface area is 411 Å². The van der Waals surface area contributed by atoms with Crippen LogP contribution in [0.1, 0.15) is 213 Å². The monoisotopic (exact) mass is 925 g/mol. The fourth-order valence-electron chi connectivity index (χ4n) is 6.62. The highest BCUT2D eigenvalue weighted by Crippen LogP contribution is 2.11. The van der Waals surface area contributed by atoms with Crippen LogP contribution in [0, 0.1) is 0 Å². The highest BCUT2D eigenvalue weighted by atomic mass is 16.6. The quantitative estimate of drug-likeness (QED) is 0.0262. The molecule has 0 saturated heterocycles. The second-order valence-corrected chi connectivity index (χ2v) is 17.0. The Kier molecular flexibility index (Phi) is 50.6. The molecule has 376 valence electrons. The van der Waals surface area contributed by atoms with Gasteiger partial charge >= 0.3 is 17.9 Å². The minimum Gasteiger partial charge on any atom is -0.462 e. The van der Waals surface area contributed by atoms with Gasteiger partial charge in [0.1, 0.15) is 13.2 Å². The molecular weight excluding hydrogens is 829 g/mol. The SMILES string of the molecule is CC/C=C/C/C=C/C/C=C/C/C=C/C/C=C/CCCC(=O)OC[C@@H](COC(=O)CCCCCCC/C=C/C/C=C/CCCCC)OC(=O)CCC/C=C/C/C=C/C/C=C/C/C=C/CCCCC. The van der Waals surface area contributed by atoms with Crippen LogP contribution in [0.15, 0.2) is 134 Å². The molecular formula is C61H96O6. The fraction of sp³-hybridized carbons (Fsp3) is 0.590. The van der Waals surface area contributed by atoms with Crippen LogP contribution in [-0.4, -0.2) is 37.2 Å². The third-order valence-electron chi connectivity index (χ3n) is 10.6. The molecule has 6 heteroatoms. The lowest BCUT2D eigenvalue weighted by molar-refractivity contribution is -0.167. The summed E-state index contributed by atoms with van der Waals surface area (Å²) in [7, 11) is 0. The summed E-state index contributed by atoms with van der Waals surface area (Å²) < 4.78 is 16.7. The molecule has 0 aliphatic heterocycles. The number of hydrogen-bond donors (Lipinski definition) is 0. The number of unbranched alkanes of at least 4 members (excludes halogenated alkanes) is 13. The first-order chi connectivity index (χ1) is 33.0. The summed E-state index contributed by atoms with van der Waals surface area (Å²) in [4.78, 5) is 38.0. The van der Waals surface area contributed by atoms with Crippen LogP contribution in [0.25, 0.3) is 0 Å². The molecule has 0 fully saturated rings. The zero-order valence-corrected chi connectivity index (χ0v) is 42.9. The number of rotatable bonds is 46. The molecule has 0 aromatic heterocycles. The molecule has 0 spiro atoms. The second-order valence-electron chi connectivity index (χ2n) is 17.0. The summed E-state index contributed by atoms with van der Waals surface area (Å²) in [6.07, 6.45) is 75.8. The Balaban J connectivity index is 4.62. The smallest absolute Gasteiger partial charge is 0.306 e. The van der Waals surface area contributed by atoms with Gasteiger partial charge in [-0.05, 0) is 128 Å². The van der Waals surface area contributed by atoms with Gasteiger partial charge in [0, 0.05) is 19.3 Å². The minimum atomic E-state index is -0.840. The lowest BCUT2D eigenvalue weighted by atomic mass is 10.1. The maximum Gasteiger partial charge on any atom is 0.306 e. The van der Waals surface area contributed by atoms with Gasteiger partial charge in [-0.25, -0.2) is 0 Å². The molecule has 0 bridgehead atoms. The summed E-state index contributed by atoms with van der Waals surface area (Å²) in [6, 6.07) is 0. The Hall–Kier alpha value is -4.45. The summed E-state index contributed by atoms with van der Waals surface area (Å²) in [6.45, 7) is 6.34. The van der Waals surface area contributed by atoms with E-state index in [0.29, 0.717) is 19.3 Å². The predicted octanol–water partition coefficient (Wildman–Crippen LogP) is 17.9. The average Bonchev–Trinajstić information content (AvgIpc) is 3.33. The van der Waals surface area contributed by atoms with E-state index in [9.17, 15) is 14.4 Å². The normalized spacial score (nSPS) is 13.2. The minimum absolute atomic E-state index is 0.130. The molecule has 0 aromatic rings. The van der Waals surface area contributed by atoms with E-state index in [1.165, 1.54) is 51.4 Å². The third kappa shape index (κ3) is 52.4. The first-order valence-corrected chi connectivity index (χ1v) is 26.7. The van der Waals surface area contributed by atoms with E-state index in [2.05, 4.69) is 154 Å². The molecule has 0 saturated carbocycles. The van der Waals surface area contributed by atoms with Gasteiger partial charge in [-0.3, -0.25) is 14.4 Å². The number of hydrogen-bond acceptors (Lipinski definition) is 6. The zero-order chi connectivity index (χ0) is 48.6. The topological polar surface area (TPSA) is 78.9 Å². The molecule has 0 N–H and O–H groups in total. The summed E-state index contributed by atoms with van der Waals surface area (Å²) in [5, 5.41) is 0. The maximum absolute atomic E-state index is 12.8. The molecule has 0 aliphatic rings. The van der Waals surface area contributed by atoms with Crippen LogP contribution < -0.4 is 0 Å². The molecule has 0 heterocycles. The van der Waals surface area contributed by atoms with Gasteiger partial charge in [-0.2, -0.15) is 0 Å². The highest BCUT2D eigenvalue weighted by molar-refractivity contribution is 5.71. The van der Waals surface area contributed by atoms with Gasteiger partial charge in [0.2, 0.25) is 0 Å². The van der Waals surface area contributed by atoms with Crippen molar-refractivity contribution in [1.29, 1.82) is 0 Å². The van der Waals surface area contributed by atoms with Crippen LogP contribution in [-0.2, 0) is 28.6 Å². The van der Waals surface area contributed by atoms with Gasteiger partial charge in [-0.15, -0.1) is 0 Å². The molecule has 0 radical (unpaired) electrons. The van der Waals surface area contributed by atoms with Crippen molar-refractivity contribution in [2.45, 2.75) is 219 Å². The Bertz CT molecular complexity index is 1480. The molecule has 0 amide bonds. The molecule has 0 rings (SSSR count). The van der Waals surface area contributed by atoms with Crippen molar-refractivity contribution in [3.63, 3.8) is 0 Å². The molecule has 0 aliphatic carbocycles. The van der Waals surface area contributed by atoms with Gasteiger partial charge in [0.25, 0.3) is 0 Å². The lowest BCUT2D eigenvalue weighted by Crippen LogP contribution is -2.30. The van der Waals surface area contributed by atoms with Crippen LogP contribution in [0.2, 0.25) is 0 Å². The highest BCUT2D eigenvalue weighted by Gasteiger charge is 2.19. The summed E-state index contributed by atoms with van der Waals surface area (Å²) in [5.41, 5.74) is 0. The molecule has 0 aromatic carbocycles. The first kappa shape index (κ1) is 62.5. The van der Waals surface area contributed by atoms with Gasteiger partial charge in [0.05, 0.1) is 0 Å². The zero-order valence-electron chi connectivity index (χ0n) is 42.9. The van der Waals surface area contributed by atoms with E-state index in [0.717, 1.165) is 109 Å². The van der Waals surface area contributed by atoms with Gasteiger partial charge < -0.3 is 14.2 Å². The average molecular weight is 925 g/mol.